The van der Waals surface area contributed by atoms with Gasteiger partial charge in [-0.3, -0.25) is 10.1 Å². The Hall–Kier alpha value is -1.62. The molecular weight excluding hydrogens is 284 g/mol. The van der Waals surface area contributed by atoms with Crippen molar-refractivity contribution in [1.29, 1.82) is 0 Å². The molecule has 1 aliphatic rings. The zero-order chi connectivity index (χ0) is 12.3. The molecule has 2 rings (SSSR count). The van der Waals surface area contributed by atoms with Crippen LogP contribution < -0.4 is 5.32 Å². The number of nitro benzene ring substituents is 1. The Kier molecular flexibility index (Phi) is 3.58. The highest BCUT2D eigenvalue weighted by molar-refractivity contribution is 9.10. The summed E-state index contributed by atoms with van der Waals surface area (Å²) in [6, 6.07) is 5.00. The standard InChI is InChI=1S/C12H11BrN2O2/c13-11-7-6-10(8-12(11)15(16)17)14-9-4-2-1-3-5-9/h2,4-8,14H,1,3H2. The fourth-order valence-electron chi connectivity index (χ4n) is 1.60. The highest BCUT2D eigenvalue weighted by atomic mass is 79.9. The van der Waals surface area contributed by atoms with Crippen LogP contribution in [0.15, 0.2) is 46.6 Å². The van der Waals surface area contributed by atoms with E-state index in [2.05, 4.69) is 33.4 Å². The Labute approximate surface area is 107 Å². The summed E-state index contributed by atoms with van der Waals surface area (Å²) in [6.45, 7) is 0. The first-order valence-corrected chi connectivity index (χ1v) is 6.04. The quantitative estimate of drug-likeness (QED) is 0.677. The number of nitrogens with one attached hydrogen (secondary N) is 1. The van der Waals surface area contributed by atoms with Crippen LogP contribution in [0.3, 0.4) is 0 Å². The van der Waals surface area contributed by atoms with Crippen LogP contribution in [0.2, 0.25) is 0 Å². The molecular formula is C12H11BrN2O2. The highest BCUT2D eigenvalue weighted by Crippen LogP contribution is 2.28. The van der Waals surface area contributed by atoms with Gasteiger partial charge in [0.05, 0.1) is 9.40 Å². The van der Waals surface area contributed by atoms with Gasteiger partial charge in [-0.1, -0.05) is 12.2 Å². The molecule has 0 aromatic heterocycles. The molecule has 0 bridgehead atoms. The van der Waals surface area contributed by atoms with Crippen LogP contribution in [0, 0.1) is 10.1 Å². The summed E-state index contributed by atoms with van der Waals surface area (Å²) in [6.07, 6.45) is 8.18. The van der Waals surface area contributed by atoms with E-state index in [4.69, 9.17) is 0 Å². The van der Waals surface area contributed by atoms with Crippen molar-refractivity contribution in [1.82, 2.24) is 0 Å². The molecule has 1 aromatic rings. The highest BCUT2D eigenvalue weighted by Gasteiger charge is 2.12. The Morgan fingerprint density at radius 1 is 1.35 bits per heavy atom. The van der Waals surface area contributed by atoms with Crippen LogP contribution in [0.5, 0.6) is 0 Å². The van der Waals surface area contributed by atoms with Gasteiger partial charge >= 0.3 is 0 Å². The van der Waals surface area contributed by atoms with E-state index in [1.807, 2.05) is 6.08 Å². The van der Waals surface area contributed by atoms with Crippen molar-refractivity contribution in [3.8, 4) is 0 Å². The van der Waals surface area contributed by atoms with Crippen molar-refractivity contribution in [2.75, 3.05) is 5.32 Å². The summed E-state index contributed by atoms with van der Waals surface area (Å²) < 4.78 is 0.487. The van der Waals surface area contributed by atoms with Gasteiger partial charge in [-0.05, 0) is 47.0 Å². The monoisotopic (exact) mass is 294 g/mol. The van der Waals surface area contributed by atoms with E-state index in [1.54, 1.807) is 12.1 Å². The zero-order valence-corrected chi connectivity index (χ0v) is 10.6. The molecule has 0 radical (unpaired) electrons. The Balaban J connectivity index is 2.22. The molecule has 0 unspecified atom stereocenters. The molecule has 0 aliphatic heterocycles. The van der Waals surface area contributed by atoms with Gasteiger partial charge in [0.15, 0.2) is 0 Å². The smallest absolute Gasteiger partial charge is 0.285 e. The lowest BCUT2D eigenvalue weighted by atomic mass is 10.1. The average molecular weight is 295 g/mol. The van der Waals surface area contributed by atoms with Crippen LogP contribution in [0.1, 0.15) is 12.8 Å². The van der Waals surface area contributed by atoms with E-state index < -0.39 is 4.92 Å². The Bertz CT molecular complexity index is 509. The summed E-state index contributed by atoms with van der Waals surface area (Å²) in [4.78, 5) is 10.4. The number of nitro groups is 1. The normalized spacial score (nSPS) is 14.3. The van der Waals surface area contributed by atoms with Gasteiger partial charge < -0.3 is 5.32 Å². The van der Waals surface area contributed by atoms with Crippen molar-refractivity contribution in [2.45, 2.75) is 12.8 Å². The van der Waals surface area contributed by atoms with Gasteiger partial charge in [-0.2, -0.15) is 0 Å². The van der Waals surface area contributed by atoms with Crippen molar-refractivity contribution < 1.29 is 4.92 Å². The number of allylic oxidation sites excluding steroid dienone is 3. The lowest BCUT2D eigenvalue weighted by molar-refractivity contribution is -0.385. The van der Waals surface area contributed by atoms with Gasteiger partial charge in [0, 0.05) is 17.5 Å². The minimum atomic E-state index is -0.402. The van der Waals surface area contributed by atoms with Crippen LogP contribution >= 0.6 is 15.9 Å². The van der Waals surface area contributed by atoms with Crippen molar-refractivity contribution in [2.24, 2.45) is 0 Å². The van der Waals surface area contributed by atoms with Gasteiger partial charge in [0.2, 0.25) is 0 Å². The maximum atomic E-state index is 10.8. The third kappa shape index (κ3) is 2.94. The second kappa shape index (κ2) is 5.14. The van der Waals surface area contributed by atoms with E-state index in [1.165, 1.54) is 6.07 Å². The molecule has 1 N–H and O–H groups in total. The first-order chi connectivity index (χ1) is 8.16. The van der Waals surface area contributed by atoms with Crippen LogP contribution in [-0.2, 0) is 0 Å². The minimum absolute atomic E-state index is 0.0652. The molecule has 0 heterocycles. The Morgan fingerprint density at radius 3 is 2.82 bits per heavy atom. The van der Waals surface area contributed by atoms with Gasteiger partial charge in [-0.15, -0.1) is 0 Å². The van der Waals surface area contributed by atoms with Crippen molar-refractivity contribution >= 4 is 27.3 Å². The molecule has 0 fully saturated rings. The molecule has 5 heteroatoms. The topological polar surface area (TPSA) is 55.2 Å². The zero-order valence-electron chi connectivity index (χ0n) is 9.02. The van der Waals surface area contributed by atoms with E-state index in [0.717, 1.165) is 24.2 Å². The summed E-state index contributed by atoms with van der Waals surface area (Å²) in [5.74, 6) is 0. The summed E-state index contributed by atoms with van der Waals surface area (Å²) >= 11 is 3.16. The number of halogens is 1. The minimum Gasteiger partial charge on any atom is -0.356 e. The van der Waals surface area contributed by atoms with Crippen molar-refractivity contribution in [3.63, 3.8) is 0 Å². The predicted octanol–water partition coefficient (Wildman–Crippen LogP) is 4.00. The SMILES string of the molecule is O=[N+]([O-])c1cc(NC2=CCCC=C2)ccc1Br. The van der Waals surface area contributed by atoms with E-state index in [0.29, 0.717) is 4.47 Å². The van der Waals surface area contributed by atoms with Gasteiger partial charge in [0.1, 0.15) is 0 Å². The van der Waals surface area contributed by atoms with E-state index >= 15 is 0 Å². The van der Waals surface area contributed by atoms with Gasteiger partial charge in [0.25, 0.3) is 5.69 Å². The molecule has 88 valence electrons. The molecule has 0 atom stereocenters. The molecule has 0 amide bonds. The van der Waals surface area contributed by atoms with E-state index in [-0.39, 0.29) is 5.69 Å². The van der Waals surface area contributed by atoms with Crippen molar-refractivity contribution in [3.05, 3.63) is 56.7 Å². The molecule has 0 saturated carbocycles. The largest absolute Gasteiger partial charge is 0.356 e. The number of rotatable bonds is 3. The molecule has 1 aliphatic carbocycles. The fourth-order valence-corrected chi connectivity index (χ4v) is 1.99. The maximum absolute atomic E-state index is 10.8. The Morgan fingerprint density at radius 2 is 2.18 bits per heavy atom. The lowest BCUT2D eigenvalue weighted by Gasteiger charge is -2.10. The molecule has 1 aromatic carbocycles. The second-order valence-corrected chi connectivity index (χ2v) is 4.54. The molecule has 0 saturated heterocycles. The second-order valence-electron chi connectivity index (χ2n) is 3.69. The third-order valence-electron chi connectivity index (χ3n) is 2.43. The molecule has 17 heavy (non-hydrogen) atoms. The number of anilines is 1. The maximum Gasteiger partial charge on any atom is 0.285 e. The van der Waals surface area contributed by atoms with Crippen LogP contribution in [0.25, 0.3) is 0 Å². The fraction of sp³-hybridized carbons (Fsp3) is 0.167. The number of hydrogen-bond acceptors (Lipinski definition) is 3. The summed E-state index contributed by atoms with van der Waals surface area (Å²) in [5.41, 5.74) is 1.76. The number of hydrogen-bond donors (Lipinski definition) is 1. The summed E-state index contributed by atoms with van der Waals surface area (Å²) in [7, 11) is 0. The van der Waals surface area contributed by atoms with E-state index in [9.17, 15) is 10.1 Å². The number of benzene rings is 1. The predicted molar refractivity (Wildman–Crippen MR) is 70.9 cm³/mol. The number of nitrogens with zero attached hydrogens (tertiary/aromatic N) is 1. The molecule has 4 nitrogen and oxygen atoms in total. The third-order valence-corrected chi connectivity index (χ3v) is 3.10. The lowest BCUT2D eigenvalue weighted by Crippen LogP contribution is -2.00. The van der Waals surface area contributed by atoms with Crippen LogP contribution in [-0.4, -0.2) is 4.92 Å². The van der Waals surface area contributed by atoms with Crippen LogP contribution in [0.4, 0.5) is 11.4 Å². The average Bonchev–Trinajstić information content (AvgIpc) is 2.32. The first-order valence-electron chi connectivity index (χ1n) is 5.24. The molecule has 0 spiro atoms. The first kappa shape index (κ1) is 11.9. The van der Waals surface area contributed by atoms with Gasteiger partial charge in [-0.25, -0.2) is 0 Å². The summed E-state index contributed by atoms with van der Waals surface area (Å²) in [5, 5.41) is 13.9.